The van der Waals surface area contributed by atoms with Gasteiger partial charge in [-0.1, -0.05) is 122 Å². The van der Waals surface area contributed by atoms with Crippen molar-refractivity contribution in [3.63, 3.8) is 0 Å². The molecule has 8 aromatic rings. The molecule has 0 N–H and O–H groups in total. The topological polar surface area (TPSA) is 0 Å². The normalized spacial score (nSPS) is 9.85. The average Bonchev–Trinajstić information content (AvgIpc) is 3.62. The van der Waals surface area contributed by atoms with E-state index in [1.54, 1.807) is 0 Å². The second kappa shape index (κ2) is 17.2. The Kier molecular flexibility index (Phi) is 14.3. The number of benzene rings is 6. The van der Waals surface area contributed by atoms with Crippen LogP contribution in [0.2, 0.25) is 0 Å². The summed E-state index contributed by atoms with van der Waals surface area (Å²) in [6.07, 6.45) is 0. The first kappa shape index (κ1) is 38.3. The molecule has 0 saturated carbocycles. The molecule has 0 fully saturated rings. The molecule has 0 aromatic heterocycles. The first-order valence-electron chi connectivity index (χ1n) is 14.2. The molecular weight excluding hydrogens is 648 g/mol. The van der Waals surface area contributed by atoms with Crippen LogP contribution in [0.1, 0.15) is 11.1 Å². The predicted molar refractivity (Wildman–Crippen MR) is 206 cm³/mol. The minimum absolute atomic E-state index is 0. The van der Waals surface area contributed by atoms with E-state index in [-0.39, 0.29) is 29.7 Å². The van der Waals surface area contributed by atoms with Crippen molar-refractivity contribution in [3.05, 3.63) is 186 Å². The van der Waals surface area contributed by atoms with E-state index in [2.05, 4.69) is 166 Å². The van der Waals surface area contributed by atoms with Gasteiger partial charge in [0.1, 0.15) is 0 Å². The molecular formula is C44H42SiZr-6. The van der Waals surface area contributed by atoms with Gasteiger partial charge in [-0.05, 0) is 32.7 Å². The van der Waals surface area contributed by atoms with Gasteiger partial charge in [0.2, 0.25) is 0 Å². The molecule has 8 rings (SSSR count). The van der Waals surface area contributed by atoms with Crippen LogP contribution in [0.3, 0.4) is 0 Å². The first-order valence-corrected chi connectivity index (χ1v) is 18.4. The molecule has 0 amide bonds. The molecule has 0 unspecified atom stereocenters. The Bertz CT molecular complexity index is 2000. The number of rotatable bonds is 2. The molecule has 0 aliphatic heterocycles. The summed E-state index contributed by atoms with van der Waals surface area (Å²) in [4.78, 5) is 0. The molecule has 46 heavy (non-hydrogen) atoms. The molecule has 0 saturated heterocycles. The van der Waals surface area contributed by atoms with Crippen LogP contribution in [-0.2, 0) is 23.3 Å². The van der Waals surface area contributed by atoms with Crippen molar-refractivity contribution in [2.45, 2.75) is 13.8 Å². The van der Waals surface area contributed by atoms with Crippen LogP contribution in [0.15, 0.2) is 146 Å². The molecule has 0 heterocycles. The van der Waals surface area contributed by atoms with E-state index in [9.17, 15) is 0 Å². The number of hydrogen-bond donors (Lipinski definition) is 0. The van der Waals surface area contributed by atoms with Crippen LogP contribution < -0.4 is 0 Å². The summed E-state index contributed by atoms with van der Waals surface area (Å²) >= 11 is 1.36. The fraction of sp³-hybridized carbons (Fsp3) is 0.0455. The van der Waals surface area contributed by atoms with Crippen molar-refractivity contribution in [2.75, 3.05) is 0 Å². The Morgan fingerprint density at radius 2 is 0.696 bits per heavy atom. The van der Waals surface area contributed by atoms with Gasteiger partial charge in [0.15, 0.2) is 0 Å². The fourth-order valence-electron chi connectivity index (χ4n) is 6.16. The van der Waals surface area contributed by atoms with E-state index in [0.717, 1.165) is 0 Å². The summed E-state index contributed by atoms with van der Waals surface area (Å²) in [6, 6.07) is 52.5. The van der Waals surface area contributed by atoms with Gasteiger partial charge in [-0.2, -0.15) is 12.1 Å². The van der Waals surface area contributed by atoms with E-state index in [4.69, 9.17) is 0 Å². The maximum atomic E-state index is 3.06. The number of hydrogen-bond acceptors (Lipinski definition) is 0. The van der Waals surface area contributed by atoms with Crippen molar-refractivity contribution < 1.29 is 23.3 Å². The number of aryl methyl sites for hydroxylation is 2. The third-order valence-corrected chi connectivity index (χ3v) is 7.95. The zero-order valence-electron chi connectivity index (χ0n) is 27.9. The zero-order valence-corrected chi connectivity index (χ0v) is 31.3. The Labute approximate surface area is 294 Å². The van der Waals surface area contributed by atoms with Crippen molar-refractivity contribution in [2.24, 2.45) is 0 Å². The summed E-state index contributed by atoms with van der Waals surface area (Å²) in [5, 5.41) is 10.6. The van der Waals surface area contributed by atoms with E-state index >= 15 is 0 Å². The molecule has 0 aliphatic carbocycles. The van der Waals surface area contributed by atoms with E-state index in [1.807, 2.05) is 0 Å². The van der Waals surface area contributed by atoms with Crippen LogP contribution in [0.5, 0.6) is 0 Å². The first-order chi connectivity index (χ1) is 20.7. The van der Waals surface area contributed by atoms with E-state index < -0.39 is 0 Å². The van der Waals surface area contributed by atoms with Crippen LogP contribution in [0, 0.1) is 43.6 Å². The maximum absolute atomic E-state index is 3.06. The van der Waals surface area contributed by atoms with Crippen molar-refractivity contribution in [1.82, 2.24) is 0 Å². The monoisotopic (exact) mass is 688 g/mol. The van der Waals surface area contributed by atoms with E-state index in [1.165, 1.54) is 99.8 Å². The molecule has 2 radical (unpaired) electrons. The van der Waals surface area contributed by atoms with Gasteiger partial charge in [-0.3, -0.25) is 0 Å². The molecule has 2 heteroatoms. The SMILES string of the molecule is Cc1cc2c(-c3cccc4ccccc34)cccc2[cH-]1.Cc1cc2c(-c3cccc4ccccc34)cccc2[cH-]1.[CH3-].[CH3-].[CH3-].[CH3-].[Si]=[Zr]. The molecule has 0 nitrogen and oxygen atoms in total. The average molecular weight is 690 g/mol. The molecule has 0 bridgehead atoms. The van der Waals surface area contributed by atoms with Crippen molar-refractivity contribution in [3.8, 4) is 22.3 Å². The zero-order chi connectivity index (χ0) is 29.1. The predicted octanol–water partition coefficient (Wildman–Crippen LogP) is 12.8. The Morgan fingerprint density at radius 3 is 1.09 bits per heavy atom. The molecule has 0 aliphatic rings. The van der Waals surface area contributed by atoms with Crippen LogP contribution >= 0.6 is 0 Å². The van der Waals surface area contributed by atoms with Crippen molar-refractivity contribution >= 4 is 50.0 Å². The summed E-state index contributed by atoms with van der Waals surface area (Å²) in [7, 11) is 0. The number of fused-ring (bicyclic) bond motifs is 4. The summed E-state index contributed by atoms with van der Waals surface area (Å²) in [6.45, 7) is 7.38. The molecule has 232 valence electrons. The second-order valence-electron chi connectivity index (χ2n) is 10.7. The van der Waals surface area contributed by atoms with Gasteiger partial charge in [-0.15, -0.1) is 69.1 Å². The van der Waals surface area contributed by atoms with E-state index in [0.29, 0.717) is 0 Å². The second-order valence-corrected chi connectivity index (χ2v) is 10.7. The van der Waals surface area contributed by atoms with Crippen LogP contribution in [-0.4, -0.2) is 6.88 Å². The fourth-order valence-corrected chi connectivity index (χ4v) is 6.16. The molecule has 8 aromatic carbocycles. The van der Waals surface area contributed by atoms with Gasteiger partial charge in [0.05, 0.1) is 0 Å². The Morgan fingerprint density at radius 1 is 0.391 bits per heavy atom. The minimum atomic E-state index is 0. The van der Waals surface area contributed by atoms with Gasteiger partial charge < -0.3 is 29.7 Å². The Balaban J connectivity index is 0.000000281. The van der Waals surface area contributed by atoms with Crippen LogP contribution in [0.4, 0.5) is 0 Å². The summed E-state index contributed by atoms with van der Waals surface area (Å²) in [5.74, 6) is 0. The quantitative estimate of drug-likeness (QED) is 0.125. The van der Waals surface area contributed by atoms with Gasteiger partial charge in [0.25, 0.3) is 0 Å². The summed E-state index contributed by atoms with van der Waals surface area (Å²) in [5.41, 5.74) is 7.94. The summed E-state index contributed by atoms with van der Waals surface area (Å²) < 4.78 is 0. The van der Waals surface area contributed by atoms with Gasteiger partial charge >= 0.3 is 30.2 Å². The standard InChI is InChI=1S/2C20H15.4CH3.Si.Zr/c2*1-14-12-16-8-5-11-19(20(16)13-14)18-10-4-7-15-6-2-3-9-17(15)18;;;;;;/h2*2-13H,1H3;4*1H3;;/q6*-1;;. The molecule has 0 atom stereocenters. The van der Waals surface area contributed by atoms with Gasteiger partial charge in [-0.25, -0.2) is 0 Å². The van der Waals surface area contributed by atoms with Crippen LogP contribution in [0.25, 0.3) is 65.3 Å². The van der Waals surface area contributed by atoms with Gasteiger partial charge in [0, 0.05) is 0 Å². The third kappa shape index (κ3) is 7.58. The van der Waals surface area contributed by atoms with Crippen molar-refractivity contribution in [1.29, 1.82) is 0 Å². The third-order valence-electron chi connectivity index (χ3n) is 7.95. The molecule has 0 spiro atoms. The Hall–Kier alpha value is -3.84.